The van der Waals surface area contributed by atoms with Gasteiger partial charge in [-0.1, -0.05) is 38.1 Å². The Balaban J connectivity index is 1.96. The number of aromatic nitrogens is 2. The second-order valence-electron chi connectivity index (χ2n) is 9.08. The summed E-state index contributed by atoms with van der Waals surface area (Å²) in [6, 6.07) is 11.4. The van der Waals surface area contributed by atoms with E-state index in [0.717, 1.165) is 22.3 Å². The van der Waals surface area contributed by atoms with Gasteiger partial charge in [-0.15, -0.1) is 0 Å². The van der Waals surface area contributed by atoms with Crippen LogP contribution in [0.2, 0.25) is 0 Å². The van der Waals surface area contributed by atoms with Gasteiger partial charge in [0.2, 0.25) is 5.91 Å². The van der Waals surface area contributed by atoms with E-state index in [4.69, 9.17) is 0 Å². The molecule has 3 rings (SSSR count). The van der Waals surface area contributed by atoms with Crippen LogP contribution >= 0.6 is 0 Å². The number of pyridine rings is 2. The molecular weight excluding hydrogens is 430 g/mol. The number of benzene rings is 1. The van der Waals surface area contributed by atoms with E-state index < -0.39 is 24.0 Å². The molecule has 0 radical (unpaired) electrons. The number of amides is 1. The summed E-state index contributed by atoms with van der Waals surface area (Å²) in [4.78, 5) is 42.0. The highest BCUT2D eigenvalue weighted by Crippen LogP contribution is 2.27. The van der Waals surface area contributed by atoms with Crippen molar-refractivity contribution in [1.29, 1.82) is 0 Å². The highest BCUT2D eigenvalue weighted by molar-refractivity contribution is 5.81. The summed E-state index contributed by atoms with van der Waals surface area (Å²) in [7, 11) is 0. The van der Waals surface area contributed by atoms with Crippen LogP contribution in [0.15, 0.2) is 65.8 Å². The van der Waals surface area contributed by atoms with E-state index in [-0.39, 0.29) is 17.9 Å². The van der Waals surface area contributed by atoms with Gasteiger partial charge in [0.15, 0.2) is 0 Å². The molecule has 0 aliphatic rings. The van der Waals surface area contributed by atoms with Gasteiger partial charge in [0, 0.05) is 30.2 Å². The first kappa shape index (κ1) is 24.9. The number of carboxylic acid groups (broad SMARTS) is 1. The van der Waals surface area contributed by atoms with E-state index in [1.807, 2.05) is 58.0 Å². The lowest BCUT2D eigenvalue weighted by Crippen LogP contribution is -2.40. The lowest BCUT2D eigenvalue weighted by atomic mass is 9.97. The maximum Gasteiger partial charge on any atom is 0.305 e. The van der Waals surface area contributed by atoms with E-state index in [1.54, 1.807) is 24.7 Å². The molecule has 2 heterocycles. The maximum absolute atomic E-state index is 13.4. The highest BCUT2D eigenvalue weighted by Gasteiger charge is 2.27. The molecule has 0 saturated heterocycles. The Labute approximate surface area is 199 Å². The molecule has 0 aliphatic heterocycles. The molecule has 1 unspecified atom stereocenters. The van der Waals surface area contributed by atoms with Crippen LogP contribution in [-0.2, 0) is 9.59 Å². The molecule has 1 amide bonds. The smallest absolute Gasteiger partial charge is 0.305 e. The largest absolute Gasteiger partial charge is 0.481 e. The van der Waals surface area contributed by atoms with Crippen LogP contribution in [0.4, 0.5) is 0 Å². The summed E-state index contributed by atoms with van der Waals surface area (Å²) >= 11 is 0. The van der Waals surface area contributed by atoms with Gasteiger partial charge in [-0.2, -0.15) is 0 Å². The highest BCUT2D eigenvalue weighted by atomic mass is 16.4. The predicted molar refractivity (Wildman–Crippen MR) is 131 cm³/mol. The Kier molecular flexibility index (Phi) is 7.99. The fourth-order valence-electron chi connectivity index (χ4n) is 4.03. The number of nitrogens with one attached hydrogen (secondary N) is 1. The van der Waals surface area contributed by atoms with E-state index >= 15 is 0 Å². The van der Waals surface area contributed by atoms with Crippen molar-refractivity contribution in [3.8, 4) is 11.1 Å². The second kappa shape index (κ2) is 10.9. The van der Waals surface area contributed by atoms with Crippen LogP contribution in [0.5, 0.6) is 0 Å². The summed E-state index contributed by atoms with van der Waals surface area (Å²) in [5, 5.41) is 12.4. The average molecular weight is 462 g/mol. The van der Waals surface area contributed by atoms with Gasteiger partial charge >= 0.3 is 5.97 Å². The molecule has 2 aromatic heterocycles. The third kappa shape index (κ3) is 6.19. The molecule has 34 heavy (non-hydrogen) atoms. The van der Waals surface area contributed by atoms with E-state index in [1.165, 1.54) is 10.6 Å². The fourth-order valence-corrected chi connectivity index (χ4v) is 4.03. The van der Waals surface area contributed by atoms with Crippen molar-refractivity contribution in [3.63, 3.8) is 0 Å². The minimum Gasteiger partial charge on any atom is -0.481 e. The number of aryl methyl sites for hydroxylation is 2. The van der Waals surface area contributed by atoms with E-state index in [2.05, 4.69) is 10.3 Å². The molecule has 0 spiro atoms. The van der Waals surface area contributed by atoms with Gasteiger partial charge < -0.3 is 15.0 Å². The molecule has 2 atom stereocenters. The van der Waals surface area contributed by atoms with Gasteiger partial charge in [-0.3, -0.25) is 19.4 Å². The third-order valence-corrected chi connectivity index (χ3v) is 5.75. The van der Waals surface area contributed by atoms with Crippen LogP contribution < -0.4 is 10.9 Å². The zero-order chi connectivity index (χ0) is 24.8. The van der Waals surface area contributed by atoms with Gasteiger partial charge in [-0.25, -0.2) is 0 Å². The Morgan fingerprint density at radius 1 is 1.09 bits per heavy atom. The number of carbonyl (C=O) groups is 2. The van der Waals surface area contributed by atoms with Crippen LogP contribution in [-0.4, -0.2) is 26.5 Å². The number of nitrogens with zero attached hydrogens (tertiary/aromatic N) is 2. The van der Waals surface area contributed by atoms with Crippen LogP contribution in [0.1, 0.15) is 55.5 Å². The summed E-state index contributed by atoms with van der Waals surface area (Å²) in [5.74, 6) is -1.29. The van der Waals surface area contributed by atoms with Crippen molar-refractivity contribution >= 4 is 11.9 Å². The van der Waals surface area contributed by atoms with Crippen molar-refractivity contribution in [1.82, 2.24) is 14.9 Å². The minimum atomic E-state index is -1.04. The molecule has 2 N–H and O–H groups in total. The summed E-state index contributed by atoms with van der Waals surface area (Å²) in [5.41, 5.74) is 4.04. The zero-order valence-electron chi connectivity index (χ0n) is 20.0. The fraction of sp³-hybridized carbons (Fsp3) is 0.333. The molecule has 7 heteroatoms. The van der Waals surface area contributed by atoms with Crippen LogP contribution in [0.25, 0.3) is 11.1 Å². The molecular formula is C27H31N3O4. The Hall–Kier alpha value is -3.74. The van der Waals surface area contributed by atoms with Gasteiger partial charge in [0.25, 0.3) is 5.56 Å². The average Bonchev–Trinajstić information content (AvgIpc) is 2.77. The van der Waals surface area contributed by atoms with Gasteiger partial charge in [-0.05, 0) is 60.6 Å². The number of carboxylic acids is 1. The maximum atomic E-state index is 13.4. The molecule has 0 bridgehead atoms. The number of carbonyl (C=O) groups excluding carboxylic acids is 1. The zero-order valence-corrected chi connectivity index (χ0v) is 20.0. The molecule has 7 nitrogen and oxygen atoms in total. The third-order valence-electron chi connectivity index (χ3n) is 5.75. The Morgan fingerprint density at radius 2 is 1.82 bits per heavy atom. The molecule has 1 aromatic carbocycles. The standard InChI is InChI=1S/C27H31N3O4/c1-17(2)11-24(30-10-9-18(3)12-25(30)31)27(34)29-23(14-26(32)33)21-13-20(15-28-16-21)22-8-6-5-7-19(22)4/h5-10,12-13,15-17,23-24H,11,14H2,1-4H3,(H,29,34)(H,32,33)/t23-,24?/m1/s1. The van der Waals surface area contributed by atoms with Gasteiger partial charge in [0.1, 0.15) is 6.04 Å². The van der Waals surface area contributed by atoms with E-state index in [9.17, 15) is 19.5 Å². The van der Waals surface area contributed by atoms with Gasteiger partial charge in [0.05, 0.1) is 12.5 Å². The van der Waals surface area contributed by atoms with Crippen molar-refractivity contribution in [3.05, 3.63) is 88.1 Å². The number of rotatable bonds is 9. The van der Waals surface area contributed by atoms with Crippen LogP contribution in [0.3, 0.4) is 0 Å². The molecule has 0 aliphatic carbocycles. The lowest BCUT2D eigenvalue weighted by Gasteiger charge is -2.25. The summed E-state index contributed by atoms with van der Waals surface area (Å²) < 4.78 is 1.42. The number of hydrogen-bond donors (Lipinski definition) is 2. The SMILES string of the molecule is Cc1ccn(C(CC(C)C)C(=O)N[C@H](CC(=O)O)c2cncc(-c3ccccc3C)c2)c(=O)c1. The molecule has 178 valence electrons. The monoisotopic (exact) mass is 461 g/mol. The first-order valence-electron chi connectivity index (χ1n) is 11.4. The summed E-state index contributed by atoms with van der Waals surface area (Å²) in [6.45, 7) is 7.77. The Morgan fingerprint density at radius 3 is 2.47 bits per heavy atom. The van der Waals surface area contributed by atoms with Crippen LogP contribution in [0, 0.1) is 19.8 Å². The first-order chi connectivity index (χ1) is 16.2. The molecule has 0 saturated carbocycles. The van der Waals surface area contributed by atoms with E-state index in [0.29, 0.717) is 12.0 Å². The molecule has 3 aromatic rings. The summed E-state index contributed by atoms with van der Waals surface area (Å²) in [6.07, 6.45) is 5.05. The predicted octanol–water partition coefficient (Wildman–Crippen LogP) is 4.45. The quantitative estimate of drug-likeness (QED) is 0.490. The number of hydrogen-bond acceptors (Lipinski definition) is 4. The van der Waals surface area contributed by atoms with Crippen molar-refractivity contribution in [2.45, 2.75) is 52.6 Å². The second-order valence-corrected chi connectivity index (χ2v) is 9.08. The van der Waals surface area contributed by atoms with Crippen molar-refractivity contribution < 1.29 is 14.7 Å². The molecule has 0 fully saturated rings. The first-order valence-corrected chi connectivity index (χ1v) is 11.4. The topological polar surface area (TPSA) is 101 Å². The number of aliphatic carboxylic acids is 1. The minimum absolute atomic E-state index is 0.146. The van der Waals surface area contributed by atoms with Crippen molar-refractivity contribution in [2.24, 2.45) is 5.92 Å². The normalized spacial score (nSPS) is 12.9. The lowest BCUT2D eigenvalue weighted by molar-refractivity contribution is -0.138. The van der Waals surface area contributed by atoms with Crippen molar-refractivity contribution in [2.75, 3.05) is 0 Å². The Bertz CT molecular complexity index is 1230.